The number of hydrazone groups is 2. The van der Waals surface area contributed by atoms with Crippen LogP contribution in [0.3, 0.4) is 0 Å². The molecule has 3 heterocycles. The first-order valence-corrected chi connectivity index (χ1v) is 9.01. The number of hydrogen-bond donors (Lipinski definition) is 2. The Balaban J connectivity index is 0.00000341. The predicted octanol–water partition coefficient (Wildman–Crippen LogP) is 2.18. The number of aromatic nitrogens is 3. The molecule has 0 saturated carbocycles. The van der Waals surface area contributed by atoms with Crippen LogP contribution < -0.4 is 10.9 Å². The number of carbonyl (C=O) groups is 2. The van der Waals surface area contributed by atoms with Crippen molar-refractivity contribution in [1.82, 2.24) is 25.8 Å². The molecule has 0 atom stereocenters. The monoisotopic (exact) mass is 464 g/mol. The topological polar surface area (TPSA) is 122 Å². The minimum Gasteiger partial charge on any atom is -0.267 e. The molecule has 31 heavy (non-hydrogen) atoms. The molecule has 0 unspecified atom stereocenters. The van der Waals surface area contributed by atoms with Crippen molar-refractivity contribution < 1.29 is 26.7 Å². The summed E-state index contributed by atoms with van der Waals surface area (Å²) in [4.78, 5) is 36.4. The van der Waals surface area contributed by atoms with Gasteiger partial charge in [0.25, 0.3) is 11.8 Å². The summed E-state index contributed by atoms with van der Waals surface area (Å²) in [6.45, 7) is 3.47. The third kappa shape index (κ3) is 6.63. The van der Waals surface area contributed by atoms with Gasteiger partial charge in [-0.25, -0.2) is 15.8 Å². The zero-order chi connectivity index (χ0) is 21.3. The predicted molar refractivity (Wildman–Crippen MR) is 112 cm³/mol. The molecule has 0 bridgehead atoms. The minimum atomic E-state index is -0.343. The molecule has 0 aliphatic carbocycles. The van der Waals surface area contributed by atoms with Crippen molar-refractivity contribution in [2.45, 2.75) is 13.8 Å². The van der Waals surface area contributed by atoms with E-state index in [1.165, 1.54) is 24.8 Å². The van der Waals surface area contributed by atoms with Crippen molar-refractivity contribution in [1.29, 1.82) is 0 Å². The van der Waals surface area contributed by atoms with E-state index in [1.54, 1.807) is 56.3 Å². The number of nitrogens with one attached hydrogen (secondary N) is 2. The second-order valence-electron chi connectivity index (χ2n) is 6.16. The van der Waals surface area contributed by atoms with Crippen LogP contribution in [0, 0.1) is 0 Å². The number of pyridine rings is 3. The molecule has 0 aliphatic heterocycles. The van der Waals surface area contributed by atoms with Crippen molar-refractivity contribution in [3.05, 3.63) is 89.8 Å². The van der Waals surface area contributed by atoms with Gasteiger partial charge in [-0.3, -0.25) is 19.6 Å². The third-order valence-electron chi connectivity index (χ3n) is 4.03. The summed E-state index contributed by atoms with van der Waals surface area (Å²) in [5.74, 6) is -0.686. The molecule has 0 aromatic carbocycles. The second kappa shape index (κ2) is 11.4. The third-order valence-corrected chi connectivity index (χ3v) is 4.03. The molecule has 1 radical (unpaired) electrons. The molecule has 159 valence electrons. The fraction of sp³-hybridized carbons (Fsp3) is 0.0952. The van der Waals surface area contributed by atoms with Crippen LogP contribution in [0.5, 0.6) is 0 Å². The zero-order valence-electron chi connectivity index (χ0n) is 16.7. The maximum absolute atomic E-state index is 12.1. The van der Waals surface area contributed by atoms with E-state index in [-0.39, 0.29) is 28.9 Å². The maximum atomic E-state index is 12.1. The Hall–Kier alpha value is -3.75. The summed E-state index contributed by atoms with van der Waals surface area (Å²) in [6, 6.07) is 11.7. The van der Waals surface area contributed by atoms with Gasteiger partial charge >= 0.3 is 17.1 Å². The normalized spacial score (nSPS) is 11.3. The van der Waals surface area contributed by atoms with Gasteiger partial charge in [-0.15, -0.1) is 0 Å². The van der Waals surface area contributed by atoms with Gasteiger partial charge in [0.05, 0.1) is 22.8 Å². The van der Waals surface area contributed by atoms with E-state index in [1.807, 2.05) is 0 Å². The van der Waals surface area contributed by atoms with E-state index in [2.05, 4.69) is 36.0 Å². The van der Waals surface area contributed by atoms with Gasteiger partial charge in [-0.05, 0) is 50.2 Å². The van der Waals surface area contributed by atoms with Crippen LogP contribution >= 0.6 is 0 Å². The van der Waals surface area contributed by atoms with Crippen LogP contribution in [0.4, 0.5) is 0 Å². The zero-order valence-corrected chi connectivity index (χ0v) is 17.6. The minimum absolute atomic E-state index is 0. The van der Waals surface area contributed by atoms with Gasteiger partial charge in [0.2, 0.25) is 0 Å². The summed E-state index contributed by atoms with van der Waals surface area (Å²) in [5.41, 5.74) is 8.07. The molecule has 0 aliphatic rings. The van der Waals surface area contributed by atoms with E-state index in [0.29, 0.717) is 33.9 Å². The van der Waals surface area contributed by atoms with Crippen molar-refractivity contribution in [3.63, 3.8) is 0 Å². The molecule has 0 spiro atoms. The van der Waals surface area contributed by atoms with Crippen LogP contribution in [-0.4, -0.2) is 38.2 Å². The van der Waals surface area contributed by atoms with Gasteiger partial charge in [-0.1, -0.05) is 6.07 Å². The summed E-state index contributed by atoms with van der Waals surface area (Å²) >= 11 is 0. The number of hydrogen-bond acceptors (Lipinski definition) is 7. The van der Waals surface area contributed by atoms with Crippen molar-refractivity contribution in [2.75, 3.05) is 0 Å². The van der Waals surface area contributed by atoms with Crippen LogP contribution in [0.15, 0.2) is 77.5 Å². The number of amides is 2. The Morgan fingerprint density at radius 1 is 0.710 bits per heavy atom. The molecule has 2 amide bonds. The van der Waals surface area contributed by atoms with E-state index in [4.69, 9.17) is 0 Å². The molecule has 10 heteroatoms. The Kier molecular flexibility index (Phi) is 8.68. The largest absolute Gasteiger partial charge is 2.00 e. The molecule has 3 rings (SSSR count). The van der Waals surface area contributed by atoms with E-state index >= 15 is 0 Å². The maximum Gasteiger partial charge on any atom is 2.00 e. The van der Waals surface area contributed by atoms with Gasteiger partial charge in [0.15, 0.2) is 0 Å². The number of rotatable bonds is 6. The number of nitrogens with zero attached hydrogens (tertiary/aromatic N) is 5. The summed E-state index contributed by atoms with van der Waals surface area (Å²) in [6.07, 6.45) is 6.14. The van der Waals surface area contributed by atoms with Crippen LogP contribution in [0.25, 0.3) is 0 Å². The fourth-order valence-corrected chi connectivity index (χ4v) is 2.36. The molecule has 0 saturated heterocycles. The molecule has 0 fully saturated rings. The first-order chi connectivity index (χ1) is 14.5. The van der Waals surface area contributed by atoms with Gasteiger partial charge in [-0.2, -0.15) is 10.2 Å². The Bertz CT molecular complexity index is 1020. The van der Waals surface area contributed by atoms with Gasteiger partial charge in [0.1, 0.15) is 0 Å². The first kappa shape index (κ1) is 23.5. The van der Waals surface area contributed by atoms with E-state index < -0.39 is 0 Å². The molecular formula is C21H19CuN7O2+2. The van der Waals surface area contributed by atoms with Crippen LogP contribution in [-0.2, 0) is 17.1 Å². The molecule has 3 aromatic heterocycles. The SMILES string of the molecule is CC(=NNC(=O)c1ccncc1)c1cccc(C(C)=NNC(=O)c2ccncc2)n1.[Cu+2]. The van der Waals surface area contributed by atoms with Crippen molar-refractivity contribution in [3.8, 4) is 0 Å². The van der Waals surface area contributed by atoms with Crippen molar-refractivity contribution >= 4 is 23.2 Å². The van der Waals surface area contributed by atoms with Crippen molar-refractivity contribution in [2.24, 2.45) is 10.2 Å². The molecule has 9 nitrogen and oxygen atoms in total. The molecule has 2 N–H and O–H groups in total. The van der Waals surface area contributed by atoms with Gasteiger partial charge in [0, 0.05) is 35.9 Å². The fourth-order valence-electron chi connectivity index (χ4n) is 2.36. The standard InChI is InChI=1S/C21H19N7O2.Cu/c1-14(25-27-20(29)16-6-10-22-11-7-16)18-4-3-5-19(24-18)15(2)26-28-21(30)17-8-12-23-13-9-17;/h3-13H,1-2H3,(H,27,29)(H,28,30);/q;+2. The van der Waals surface area contributed by atoms with E-state index in [0.717, 1.165) is 0 Å². The van der Waals surface area contributed by atoms with Gasteiger partial charge < -0.3 is 0 Å². The molecule has 3 aromatic rings. The first-order valence-electron chi connectivity index (χ1n) is 9.01. The van der Waals surface area contributed by atoms with Crippen LogP contribution in [0.1, 0.15) is 46.0 Å². The average molecular weight is 465 g/mol. The Labute approximate surface area is 189 Å². The Morgan fingerprint density at radius 2 is 1.10 bits per heavy atom. The second-order valence-corrected chi connectivity index (χ2v) is 6.16. The average Bonchev–Trinajstić information content (AvgIpc) is 2.81. The molecular weight excluding hydrogens is 446 g/mol. The summed E-state index contributed by atoms with van der Waals surface area (Å²) in [5, 5.41) is 8.21. The van der Waals surface area contributed by atoms with Crippen LogP contribution in [0.2, 0.25) is 0 Å². The van der Waals surface area contributed by atoms with E-state index in [9.17, 15) is 9.59 Å². The smallest absolute Gasteiger partial charge is 0.267 e. The quantitative estimate of drug-likeness (QED) is 0.329. The summed E-state index contributed by atoms with van der Waals surface area (Å²) in [7, 11) is 0. The number of carbonyl (C=O) groups excluding carboxylic acids is 2. The Morgan fingerprint density at radius 3 is 1.48 bits per heavy atom. The summed E-state index contributed by atoms with van der Waals surface area (Å²) < 4.78 is 0.